The Morgan fingerprint density at radius 2 is 0.639 bits per heavy atom. The van der Waals surface area contributed by atoms with Crippen molar-refractivity contribution >= 4 is 82.2 Å². The van der Waals surface area contributed by atoms with Crippen LogP contribution >= 0.6 is 69.7 Å². The Hall–Kier alpha value is -3.78. The molecule has 0 atom stereocenters. The van der Waals surface area contributed by atoms with E-state index in [0.29, 0.717) is 39.5 Å². The monoisotopic (exact) mass is 1080 g/mol. The number of ether oxygens (including phenoxy) is 4. The van der Waals surface area contributed by atoms with Gasteiger partial charge < -0.3 is 18.9 Å². The number of hydrogen-bond donors (Lipinski definition) is 0. The normalized spacial score (nSPS) is 13.5. The quantitative estimate of drug-likeness (QED) is 0.0701. The van der Waals surface area contributed by atoms with Crippen molar-refractivity contribution in [2.75, 3.05) is 39.5 Å². The molecule has 3 heterocycles. The van der Waals surface area contributed by atoms with Crippen LogP contribution in [0.5, 0.6) is 23.0 Å². The maximum atomic E-state index is 7.08. The molecule has 0 fully saturated rings. The van der Waals surface area contributed by atoms with Gasteiger partial charge >= 0.3 is 0 Å². The minimum Gasteiger partial charge on any atom is -0.491 e. The van der Waals surface area contributed by atoms with E-state index in [0.717, 1.165) is 84.8 Å². The molecule has 0 saturated heterocycles. The molecule has 7 rings (SSSR count). The van der Waals surface area contributed by atoms with Gasteiger partial charge in [-0.25, -0.2) is 0 Å². The van der Waals surface area contributed by atoms with Crippen LogP contribution in [-0.4, -0.2) is 51.9 Å². The summed E-state index contributed by atoms with van der Waals surface area (Å²) < 4.78 is 28.1. The minimum atomic E-state index is -0.167. The van der Waals surface area contributed by atoms with Gasteiger partial charge in [-0.1, -0.05) is 156 Å². The Morgan fingerprint density at radius 1 is 0.389 bits per heavy atom. The second kappa shape index (κ2) is 24.3. The first kappa shape index (κ1) is 56.0. The van der Waals surface area contributed by atoms with Crippen LogP contribution in [0.4, 0.5) is 0 Å². The van der Waals surface area contributed by atoms with Crippen LogP contribution < -0.4 is 18.9 Å². The Bertz CT molecular complexity index is 2530. The van der Waals surface area contributed by atoms with Gasteiger partial charge in [0.05, 0.1) is 65.5 Å². The van der Waals surface area contributed by atoms with Crippen LogP contribution in [0.25, 0.3) is 0 Å². The molecule has 0 spiro atoms. The van der Waals surface area contributed by atoms with Gasteiger partial charge in [0.15, 0.2) is 0 Å². The molecule has 8 bridgehead atoms. The molecule has 1 aliphatic heterocycles. The molecule has 0 radical (unpaired) electrons. The van der Waals surface area contributed by atoms with E-state index in [4.69, 9.17) is 28.9 Å². The van der Waals surface area contributed by atoms with Gasteiger partial charge in [0.25, 0.3) is 0 Å². The second-order valence-electron chi connectivity index (χ2n) is 22.1. The molecule has 6 nitrogen and oxygen atoms in total. The number of thiophene rings is 2. The van der Waals surface area contributed by atoms with Gasteiger partial charge in [0.1, 0.15) is 36.2 Å². The topological polar surface area (TPSA) is 61.6 Å². The molecule has 0 amide bonds. The zero-order chi connectivity index (χ0) is 51.8. The lowest BCUT2D eigenvalue weighted by Gasteiger charge is -2.28. The van der Waals surface area contributed by atoms with Crippen LogP contribution in [0.15, 0.2) is 133 Å². The maximum absolute atomic E-state index is 7.08. The fourth-order valence-corrected chi connectivity index (χ4v) is 13.5. The van der Waals surface area contributed by atoms with Gasteiger partial charge in [-0.2, -0.15) is 0 Å². The predicted octanol–water partition coefficient (Wildman–Crippen LogP) is 18.5. The average Bonchev–Trinajstić information content (AvgIpc) is 4.03. The molecule has 12 heteroatoms. The van der Waals surface area contributed by atoms with Gasteiger partial charge in [0, 0.05) is 22.2 Å². The third-order valence-electron chi connectivity index (χ3n) is 11.8. The van der Waals surface area contributed by atoms with Crippen LogP contribution in [0.3, 0.4) is 0 Å². The lowest BCUT2D eigenvalue weighted by molar-refractivity contribution is 0.301. The van der Waals surface area contributed by atoms with E-state index in [1.54, 1.807) is 69.7 Å². The van der Waals surface area contributed by atoms with Crippen LogP contribution in [-0.2, 0) is 21.7 Å². The number of hydrogen-bond acceptors (Lipinski definition) is 12. The second-order valence-corrected chi connectivity index (χ2v) is 28.4. The van der Waals surface area contributed by atoms with Gasteiger partial charge in [-0.15, -0.1) is 22.7 Å². The van der Waals surface area contributed by atoms with E-state index in [1.165, 1.54) is 22.3 Å². The number of fused-ring (bicyclic) bond motifs is 8. The molecule has 0 aliphatic carbocycles. The fraction of sp³-hybridized carbons (Fsp3) is 0.433. The summed E-state index contributed by atoms with van der Waals surface area (Å²) >= 11 is 10.3. The lowest BCUT2D eigenvalue weighted by Crippen LogP contribution is -2.14. The Kier molecular flexibility index (Phi) is 18.9. The zero-order valence-corrected chi connectivity index (χ0v) is 49.8. The molecule has 0 saturated carbocycles. The third kappa shape index (κ3) is 14.7. The molecule has 72 heavy (non-hydrogen) atoms. The van der Waals surface area contributed by atoms with Crippen molar-refractivity contribution in [3.63, 3.8) is 0 Å². The van der Waals surface area contributed by atoms with Crippen molar-refractivity contribution in [3.05, 3.63) is 116 Å². The van der Waals surface area contributed by atoms with Crippen molar-refractivity contribution in [1.29, 1.82) is 0 Å². The van der Waals surface area contributed by atoms with E-state index in [-0.39, 0.29) is 21.7 Å². The van der Waals surface area contributed by atoms with Gasteiger partial charge in [-0.3, -0.25) is 9.98 Å². The minimum absolute atomic E-state index is 0.167. The molecule has 1 aliphatic rings. The molecule has 4 aromatic carbocycles. The number of rotatable bonds is 16. The van der Waals surface area contributed by atoms with Gasteiger partial charge in [0.2, 0.25) is 0 Å². The van der Waals surface area contributed by atoms with Crippen LogP contribution in [0.1, 0.15) is 142 Å². The molecule has 0 unspecified atom stereocenters. The summed E-state index contributed by atoms with van der Waals surface area (Å²) in [4.78, 5) is 20.2. The van der Waals surface area contributed by atoms with Gasteiger partial charge in [-0.05, 0) is 128 Å². The van der Waals surface area contributed by atoms with E-state index in [2.05, 4.69) is 180 Å². The van der Waals surface area contributed by atoms with Crippen molar-refractivity contribution in [1.82, 2.24) is 0 Å². The molecular weight excluding hydrogens is 1010 g/mol. The largest absolute Gasteiger partial charge is 0.491 e. The SMILES string of the molecule is CCCOc1c2cc(C(C)(C)C)cc1Sc1cc(C(C)(C)C)cc(c1OCCN=Cc1cccs1)Sc1cc(C(C)(C)C)cc(c1OCCC)Sc1cc(C(C)(C)C)cc(c1OCCN=Cc1cccs1)S2. The summed E-state index contributed by atoms with van der Waals surface area (Å²) in [7, 11) is 0. The Labute approximate surface area is 456 Å². The molecule has 384 valence electrons. The summed E-state index contributed by atoms with van der Waals surface area (Å²) in [6.45, 7) is 34.9. The first-order chi connectivity index (χ1) is 34.1. The smallest absolute Gasteiger partial charge is 0.147 e. The van der Waals surface area contributed by atoms with Crippen LogP contribution in [0.2, 0.25) is 0 Å². The van der Waals surface area contributed by atoms with Crippen molar-refractivity contribution < 1.29 is 18.9 Å². The van der Waals surface area contributed by atoms with Crippen molar-refractivity contribution in [3.8, 4) is 23.0 Å². The van der Waals surface area contributed by atoms with Crippen molar-refractivity contribution in [2.24, 2.45) is 9.98 Å². The zero-order valence-electron chi connectivity index (χ0n) is 44.9. The summed E-state index contributed by atoms with van der Waals surface area (Å²) in [5.74, 6) is 3.40. The Morgan fingerprint density at radius 3 is 0.847 bits per heavy atom. The van der Waals surface area contributed by atoms with E-state index in [1.807, 2.05) is 12.4 Å². The summed E-state index contributed by atoms with van der Waals surface area (Å²) in [5.41, 5.74) is 4.21. The number of nitrogens with zero attached hydrogens (tertiary/aromatic N) is 2. The highest BCUT2D eigenvalue weighted by atomic mass is 32.2. The summed E-state index contributed by atoms with van der Waals surface area (Å²) in [6.07, 6.45) is 5.64. The average molecular weight is 1080 g/mol. The highest BCUT2D eigenvalue weighted by Crippen LogP contribution is 2.56. The standard InChI is InChI=1S/C60H74N2O4S6/c1-15-23-63-53-45-29-39(57(3,4)5)30-46(53)70-50-34-42(60(12,13)14)36-52(56(50)66-26-22-62-38-44-20-18-28-68-44)72-48-32-40(58(6,7)8)31-47(54(48)64-24-16-2)71-51-35-41(59(9,10)11)33-49(69-45)55(51)65-25-21-61-37-43-19-17-27-67-43/h17-20,27-38H,15-16,21-26H2,1-14H3. The highest BCUT2D eigenvalue weighted by molar-refractivity contribution is 8.01. The fourth-order valence-electron chi connectivity index (χ4n) is 7.54. The van der Waals surface area contributed by atoms with Crippen molar-refractivity contribution in [2.45, 2.75) is 171 Å². The maximum Gasteiger partial charge on any atom is 0.147 e. The summed E-state index contributed by atoms with van der Waals surface area (Å²) in [5, 5.41) is 4.16. The lowest BCUT2D eigenvalue weighted by atomic mass is 9.87. The summed E-state index contributed by atoms with van der Waals surface area (Å²) in [6, 6.07) is 27.1. The van der Waals surface area contributed by atoms with E-state index >= 15 is 0 Å². The van der Waals surface area contributed by atoms with Crippen LogP contribution in [0, 0.1) is 0 Å². The predicted molar refractivity (Wildman–Crippen MR) is 313 cm³/mol. The molecular formula is C60H74N2O4S6. The van der Waals surface area contributed by atoms with E-state index in [9.17, 15) is 0 Å². The molecule has 6 aromatic rings. The number of benzene rings is 4. The molecule has 2 aromatic heterocycles. The molecule has 0 N–H and O–H groups in total. The highest BCUT2D eigenvalue weighted by Gasteiger charge is 2.30. The van der Waals surface area contributed by atoms with E-state index < -0.39 is 0 Å². The first-order valence-electron chi connectivity index (χ1n) is 25.2. The Balaban J connectivity index is 1.54. The first-order valence-corrected chi connectivity index (χ1v) is 30.2. The third-order valence-corrected chi connectivity index (χ3v) is 17.6. The number of aliphatic imine (C=N–C) groups is 2.